The van der Waals surface area contributed by atoms with Gasteiger partial charge in [0.25, 0.3) is 0 Å². The zero-order chi connectivity index (χ0) is 15.6. The lowest BCUT2D eigenvalue weighted by atomic mass is 10.0. The lowest BCUT2D eigenvalue weighted by Crippen LogP contribution is -1.91. The minimum absolute atomic E-state index is 0.862. The molecule has 110 valence electrons. The van der Waals surface area contributed by atoms with Crippen molar-refractivity contribution in [2.24, 2.45) is 0 Å². The molecule has 4 aromatic rings. The van der Waals surface area contributed by atoms with Crippen molar-refractivity contribution in [3.8, 4) is 22.5 Å². The fraction of sp³-hybridized carbons (Fsp3) is 0.0500. The predicted molar refractivity (Wildman–Crippen MR) is 92.9 cm³/mol. The summed E-state index contributed by atoms with van der Waals surface area (Å²) in [5.74, 6) is 0. The van der Waals surface area contributed by atoms with Crippen molar-refractivity contribution < 1.29 is 0 Å². The van der Waals surface area contributed by atoms with Crippen LogP contribution in [0.15, 0.2) is 73.1 Å². The average Bonchev–Trinajstić information content (AvgIpc) is 2.62. The summed E-state index contributed by atoms with van der Waals surface area (Å²) in [4.78, 5) is 13.7. The molecule has 0 spiro atoms. The number of para-hydroxylation sites is 2. The third kappa shape index (κ3) is 2.57. The minimum atomic E-state index is 0.862. The molecule has 2 heterocycles. The summed E-state index contributed by atoms with van der Waals surface area (Å²) in [7, 11) is 0. The van der Waals surface area contributed by atoms with E-state index in [0.29, 0.717) is 0 Å². The number of hydrogen-bond acceptors (Lipinski definition) is 3. The third-order valence-electron chi connectivity index (χ3n) is 3.93. The third-order valence-corrected chi connectivity index (χ3v) is 3.93. The Morgan fingerprint density at radius 1 is 0.739 bits per heavy atom. The Morgan fingerprint density at radius 2 is 1.52 bits per heavy atom. The first-order chi connectivity index (χ1) is 11.3. The van der Waals surface area contributed by atoms with Crippen LogP contribution in [0.25, 0.3) is 33.5 Å². The van der Waals surface area contributed by atoms with Crippen LogP contribution >= 0.6 is 0 Å². The second-order valence-corrected chi connectivity index (χ2v) is 5.49. The van der Waals surface area contributed by atoms with E-state index < -0.39 is 0 Å². The van der Waals surface area contributed by atoms with Crippen molar-refractivity contribution in [1.82, 2.24) is 15.0 Å². The number of pyridine rings is 1. The fourth-order valence-electron chi connectivity index (χ4n) is 2.69. The van der Waals surface area contributed by atoms with Gasteiger partial charge in [0.05, 0.1) is 28.6 Å². The van der Waals surface area contributed by atoms with Crippen molar-refractivity contribution >= 4 is 11.0 Å². The second kappa shape index (κ2) is 5.61. The highest BCUT2D eigenvalue weighted by atomic mass is 14.8. The minimum Gasteiger partial charge on any atom is -0.256 e. The molecule has 3 nitrogen and oxygen atoms in total. The molecule has 23 heavy (non-hydrogen) atoms. The van der Waals surface area contributed by atoms with Crippen molar-refractivity contribution in [2.75, 3.05) is 0 Å². The Bertz CT molecular complexity index is 992. The number of hydrogen-bond donors (Lipinski definition) is 0. The maximum atomic E-state index is 4.71. The first kappa shape index (κ1) is 13.6. The molecule has 0 saturated carbocycles. The largest absolute Gasteiger partial charge is 0.256 e. The van der Waals surface area contributed by atoms with Gasteiger partial charge in [-0.3, -0.25) is 9.97 Å². The van der Waals surface area contributed by atoms with Gasteiger partial charge in [-0.1, -0.05) is 36.4 Å². The molecule has 0 atom stereocenters. The van der Waals surface area contributed by atoms with Crippen LogP contribution in [0.5, 0.6) is 0 Å². The van der Waals surface area contributed by atoms with E-state index in [0.717, 1.165) is 33.5 Å². The average molecular weight is 297 g/mol. The first-order valence-corrected chi connectivity index (χ1v) is 7.55. The molecule has 3 heteroatoms. The molecule has 0 aliphatic rings. The van der Waals surface area contributed by atoms with Crippen LogP contribution < -0.4 is 0 Å². The van der Waals surface area contributed by atoms with E-state index >= 15 is 0 Å². The van der Waals surface area contributed by atoms with Crippen LogP contribution in [0.2, 0.25) is 0 Å². The van der Waals surface area contributed by atoms with E-state index in [1.54, 1.807) is 0 Å². The van der Waals surface area contributed by atoms with Gasteiger partial charge in [-0.05, 0) is 36.8 Å². The normalized spacial score (nSPS) is 10.8. The van der Waals surface area contributed by atoms with E-state index in [-0.39, 0.29) is 0 Å². The van der Waals surface area contributed by atoms with Crippen LogP contribution in [0.3, 0.4) is 0 Å². The molecule has 0 unspecified atom stereocenters. The molecule has 4 rings (SSSR count). The quantitative estimate of drug-likeness (QED) is 0.540. The molecule has 0 radical (unpaired) electrons. The van der Waals surface area contributed by atoms with Gasteiger partial charge in [0.15, 0.2) is 0 Å². The number of aryl methyl sites for hydroxylation is 1. The number of benzene rings is 2. The van der Waals surface area contributed by atoms with E-state index in [1.165, 1.54) is 5.56 Å². The summed E-state index contributed by atoms with van der Waals surface area (Å²) in [6.45, 7) is 2.10. The zero-order valence-electron chi connectivity index (χ0n) is 12.8. The molecular formula is C20H15N3. The lowest BCUT2D eigenvalue weighted by molar-refractivity contribution is 1.27. The van der Waals surface area contributed by atoms with Gasteiger partial charge in [-0.15, -0.1) is 0 Å². The zero-order valence-corrected chi connectivity index (χ0v) is 12.8. The topological polar surface area (TPSA) is 38.7 Å². The predicted octanol–water partition coefficient (Wildman–Crippen LogP) is 4.67. The first-order valence-electron chi connectivity index (χ1n) is 7.55. The summed E-state index contributed by atoms with van der Waals surface area (Å²) in [5, 5.41) is 0. The van der Waals surface area contributed by atoms with Gasteiger partial charge in [0, 0.05) is 17.3 Å². The molecule has 2 aromatic carbocycles. The monoisotopic (exact) mass is 297 g/mol. The standard InChI is InChI=1S/C20H15N3/c1-14-6-2-3-7-16(14)19-12-15(10-11-21-19)20-13-22-17-8-4-5-9-18(17)23-20/h2-13H,1H3. The molecular weight excluding hydrogens is 282 g/mol. The van der Waals surface area contributed by atoms with Crippen LogP contribution in [0.1, 0.15) is 5.56 Å². The summed E-state index contributed by atoms with van der Waals surface area (Å²) >= 11 is 0. The van der Waals surface area contributed by atoms with Gasteiger partial charge in [-0.25, -0.2) is 4.98 Å². The van der Waals surface area contributed by atoms with E-state index in [4.69, 9.17) is 4.98 Å². The molecule has 0 bridgehead atoms. The van der Waals surface area contributed by atoms with Gasteiger partial charge in [0.1, 0.15) is 0 Å². The molecule has 0 aliphatic carbocycles. The van der Waals surface area contributed by atoms with Gasteiger partial charge in [-0.2, -0.15) is 0 Å². The van der Waals surface area contributed by atoms with E-state index in [9.17, 15) is 0 Å². The molecule has 0 saturated heterocycles. The van der Waals surface area contributed by atoms with Gasteiger partial charge < -0.3 is 0 Å². The van der Waals surface area contributed by atoms with Crippen molar-refractivity contribution in [3.63, 3.8) is 0 Å². The smallest absolute Gasteiger partial charge is 0.0894 e. The Labute approximate surface area is 134 Å². The Hall–Kier alpha value is -3.07. The maximum absolute atomic E-state index is 4.71. The maximum Gasteiger partial charge on any atom is 0.0894 e. The van der Waals surface area contributed by atoms with Crippen LogP contribution in [0, 0.1) is 6.92 Å². The van der Waals surface area contributed by atoms with Crippen LogP contribution in [-0.4, -0.2) is 15.0 Å². The fourth-order valence-corrected chi connectivity index (χ4v) is 2.69. The van der Waals surface area contributed by atoms with E-state index in [1.807, 2.05) is 54.9 Å². The summed E-state index contributed by atoms with van der Waals surface area (Å²) < 4.78 is 0. The molecule has 2 aromatic heterocycles. The Balaban J connectivity index is 1.83. The molecule has 0 aliphatic heterocycles. The van der Waals surface area contributed by atoms with Crippen LogP contribution in [-0.2, 0) is 0 Å². The van der Waals surface area contributed by atoms with Gasteiger partial charge >= 0.3 is 0 Å². The summed E-state index contributed by atoms with van der Waals surface area (Å²) in [5.41, 5.74) is 7.00. The molecule has 0 N–H and O–H groups in total. The summed E-state index contributed by atoms with van der Waals surface area (Å²) in [6, 6.07) is 20.2. The molecule has 0 amide bonds. The highest BCUT2D eigenvalue weighted by molar-refractivity contribution is 5.78. The number of fused-ring (bicyclic) bond motifs is 1. The highest BCUT2D eigenvalue weighted by Crippen LogP contribution is 2.26. The van der Waals surface area contributed by atoms with E-state index in [2.05, 4.69) is 35.1 Å². The lowest BCUT2D eigenvalue weighted by Gasteiger charge is -2.07. The van der Waals surface area contributed by atoms with Crippen LogP contribution in [0.4, 0.5) is 0 Å². The van der Waals surface area contributed by atoms with Crippen molar-refractivity contribution in [3.05, 3.63) is 78.6 Å². The van der Waals surface area contributed by atoms with Crippen molar-refractivity contribution in [1.29, 1.82) is 0 Å². The highest BCUT2D eigenvalue weighted by Gasteiger charge is 2.07. The number of nitrogens with zero attached hydrogens (tertiary/aromatic N) is 3. The Morgan fingerprint density at radius 3 is 2.39 bits per heavy atom. The van der Waals surface area contributed by atoms with Crippen molar-refractivity contribution in [2.45, 2.75) is 6.92 Å². The second-order valence-electron chi connectivity index (χ2n) is 5.49. The Kier molecular flexibility index (Phi) is 3.31. The number of aromatic nitrogens is 3. The molecule has 0 fully saturated rings. The SMILES string of the molecule is Cc1ccccc1-c1cc(-c2cnc3ccccc3n2)ccn1. The van der Waals surface area contributed by atoms with Gasteiger partial charge in [0.2, 0.25) is 0 Å². The number of rotatable bonds is 2. The summed E-state index contributed by atoms with van der Waals surface area (Å²) in [6.07, 6.45) is 3.65.